The van der Waals surface area contributed by atoms with Gasteiger partial charge in [0, 0.05) is 26.2 Å². The van der Waals surface area contributed by atoms with Crippen molar-refractivity contribution < 1.29 is 19.7 Å². The lowest BCUT2D eigenvalue weighted by molar-refractivity contribution is -0.147. The molecule has 2 aliphatic heterocycles. The zero-order chi connectivity index (χ0) is 15.7. The highest BCUT2D eigenvalue weighted by Crippen LogP contribution is 2.29. The summed E-state index contributed by atoms with van der Waals surface area (Å²) in [5.74, 6) is 0.0742. The fourth-order valence-electron chi connectivity index (χ4n) is 3.88. The average Bonchev–Trinajstić information content (AvgIpc) is 2.98. The zero-order valence-electron chi connectivity index (χ0n) is 13.4. The van der Waals surface area contributed by atoms with Crippen molar-refractivity contribution in [2.45, 2.75) is 49.5 Å². The number of hydrogen-bond donors (Lipinski definition) is 3. The molecule has 0 aromatic carbocycles. The van der Waals surface area contributed by atoms with E-state index in [0.29, 0.717) is 32.8 Å². The minimum Gasteiger partial charge on any atom is -0.389 e. The van der Waals surface area contributed by atoms with Crippen LogP contribution in [0.15, 0.2) is 0 Å². The van der Waals surface area contributed by atoms with Gasteiger partial charge in [0.25, 0.3) is 0 Å². The van der Waals surface area contributed by atoms with Gasteiger partial charge >= 0.3 is 0 Å². The highest BCUT2D eigenvalue weighted by atomic mass is 35.5. The van der Waals surface area contributed by atoms with Crippen molar-refractivity contribution in [1.82, 2.24) is 9.80 Å². The molecular formula is C15H28ClN3O4. The molecule has 1 amide bonds. The largest absolute Gasteiger partial charge is 0.389 e. The van der Waals surface area contributed by atoms with Gasteiger partial charge in [0.1, 0.15) is 6.10 Å². The van der Waals surface area contributed by atoms with Crippen LogP contribution < -0.4 is 5.73 Å². The van der Waals surface area contributed by atoms with Gasteiger partial charge < -0.3 is 25.6 Å². The second-order valence-corrected chi connectivity index (χ2v) is 6.85. The van der Waals surface area contributed by atoms with E-state index < -0.39 is 17.7 Å². The molecule has 0 bridgehead atoms. The maximum Gasteiger partial charge on any atom is 0.242 e. The molecule has 0 unspecified atom stereocenters. The molecule has 0 radical (unpaired) electrons. The normalized spacial score (nSPS) is 34.9. The van der Waals surface area contributed by atoms with Crippen LogP contribution in [0.4, 0.5) is 0 Å². The summed E-state index contributed by atoms with van der Waals surface area (Å²) >= 11 is 0. The predicted octanol–water partition coefficient (Wildman–Crippen LogP) is -1.06. The first-order chi connectivity index (χ1) is 10.5. The SMILES string of the molecule is Cl.NC1(C(=O)N2CCN([C@@H]3COC[C@@H](O)[C@H]3O)CC2)CCCC1. The minimum absolute atomic E-state index is 0. The van der Waals surface area contributed by atoms with Gasteiger partial charge in [-0.2, -0.15) is 0 Å². The van der Waals surface area contributed by atoms with Crippen LogP contribution in [0.2, 0.25) is 0 Å². The van der Waals surface area contributed by atoms with Gasteiger partial charge in [-0.05, 0) is 12.8 Å². The van der Waals surface area contributed by atoms with Crippen LogP contribution in [0, 0.1) is 0 Å². The molecule has 2 heterocycles. The molecule has 1 aliphatic carbocycles. The van der Waals surface area contributed by atoms with Crippen LogP contribution in [-0.4, -0.2) is 89.1 Å². The van der Waals surface area contributed by atoms with E-state index in [0.717, 1.165) is 25.7 Å². The van der Waals surface area contributed by atoms with Crippen LogP contribution in [0.5, 0.6) is 0 Å². The fourth-order valence-corrected chi connectivity index (χ4v) is 3.88. The number of aliphatic hydroxyl groups excluding tert-OH is 2. The van der Waals surface area contributed by atoms with Crippen LogP contribution >= 0.6 is 12.4 Å². The third kappa shape index (κ3) is 3.81. The number of halogens is 1. The van der Waals surface area contributed by atoms with Crippen molar-refractivity contribution in [3.63, 3.8) is 0 Å². The summed E-state index contributed by atoms with van der Waals surface area (Å²) in [6, 6.07) is -0.195. The number of aliphatic hydroxyl groups is 2. The Morgan fingerprint density at radius 2 is 1.70 bits per heavy atom. The summed E-state index contributed by atoms with van der Waals surface area (Å²) in [6.45, 7) is 3.21. The second-order valence-electron chi connectivity index (χ2n) is 6.85. The summed E-state index contributed by atoms with van der Waals surface area (Å²) < 4.78 is 5.34. The van der Waals surface area contributed by atoms with Crippen LogP contribution in [0.3, 0.4) is 0 Å². The Kier molecular flexibility index (Phi) is 6.27. The molecule has 8 heteroatoms. The zero-order valence-corrected chi connectivity index (χ0v) is 14.2. The molecule has 0 spiro atoms. The molecule has 3 rings (SSSR count). The van der Waals surface area contributed by atoms with Gasteiger partial charge in [0.2, 0.25) is 5.91 Å². The van der Waals surface area contributed by atoms with Crippen LogP contribution in [0.25, 0.3) is 0 Å². The first kappa shape index (κ1) is 18.9. The Hall–Kier alpha value is -0.440. The first-order valence-electron chi connectivity index (χ1n) is 8.27. The number of hydrogen-bond acceptors (Lipinski definition) is 6. The van der Waals surface area contributed by atoms with Gasteiger partial charge in [-0.3, -0.25) is 9.69 Å². The third-order valence-electron chi connectivity index (χ3n) is 5.36. The highest BCUT2D eigenvalue weighted by Gasteiger charge is 2.42. The number of carbonyl (C=O) groups excluding carboxylic acids is 1. The molecular weight excluding hydrogens is 322 g/mol. The molecule has 134 valence electrons. The Morgan fingerprint density at radius 3 is 2.30 bits per heavy atom. The maximum atomic E-state index is 12.6. The molecule has 7 nitrogen and oxygen atoms in total. The molecule has 0 aromatic heterocycles. The van der Waals surface area contributed by atoms with Crippen molar-refractivity contribution in [2.24, 2.45) is 5.73 Å². The maximum absolute atomic E-state index is 12.6. The quantitative estimate of drug-likeness (QED) is 0.588. The Balaban J connectivity index is 0.00000192. The van der Waals surface area contributed by atoms with Crippen molar-refractivity contribution in [3.05, 3.63) is 0 Å². The monoisotopic (exact) mass is 349 g/mol. The molecule has 4 N–H and O–H groups in total. The number of piperazine rings is 1. The van der Waals surface area contributed by atoms with E-state index in [1.807, 2.05) is 4.90 Å². The number of rotatable bonds is 2. The predicted molar refractivity (Wildman–Crippen MR) is 87.4 cm³/mol. The molecule has 0 aromatic rings. The number of ether oxygens (including phenoxy) is 1. The second kappa shape index (κ2) is 7.63. The smallest absolute Gasteiger partial charge is 0.242 e. The fraction of sp³-hybridized carbons (Fsp3) is 0.933. The van der Waals surface area contributed by atoms with Crippen LogP contribution in [-0.2, 0) is 9.53 Å². The molecule has 3 atom stereocenters. The van der Waals surface area contributed by atoms with Gasteiger partial charge in [-0.1, -0.05) is 12.8 Å². The van der Waals surface area contributed by atoms with Gasteiger partial charge in [0.05, 0.1) is 30.9 Å². The standard InChI is InChI=1S/C15H27N3O4.ClH/c16-15(3-1-2-4-15)14(21)18-7-5-17(6-8-18)11-9-22-10-12(19)13(11)20;/h11-13,19-20H,1-10,16H2;1H/t11-,12-,13+;/m1./s1. The topological polar surface area (TPSA) is 99.3 Å². The Labute approximate surface area is 143 Å². The van der Waals surface area contributed by atoms with Crippen molar-refractivity contribution >= 4 is 18.3 Å². The lowest BCUT2D eigenvalue weighted by atomic mass is 9.96. The summed E-state index contributed by atoms with van der Waals surface area (Å²) in [5, 5.41) is 19.8. The lowest BCUT2D eigenvalue weighted by Crippen LogP contribution is -2.63. The van der Waals surface area contributed by atoms with Gasteiger partial charge in [-0.25, -0.2) is 0 Å². The van der Waals surface area contributed by atoms with E-state index in [-0.39, 0.29) is 31.0 Å². The molecule has 3 aliphatic rings. The van der Waals surface area contributed by atoms with E-state index >= 15 is 0 Å². The number of carbonyl (C=O) groups is 1. The Bertz CT molecular complexity index is 412. The average molecular weight is 350 g/mol. The summed E-state index contributed by atoms with van der Waals surface area (Å²) in [5.41, 5.74) is 5.59. The number of nitrogens with zero attached hydrogens (tertiary/aromatic N) is 2. The number of nitrogens with two attached hydrogens (primary N) is 1. The summed E-state index contributed by atoms with van der Waals surface area (Å²) in [4.78, 5) is 16.6. The van der Waals surface area contributed by atoms with Crippen molar-refractivity contribution in [3.8, 4) is 0 Å². The lowest BCUT2D eigenvalue weighted by Gasteiger charge is -2.44. The minimum atomic E-state index is -0.829. The Morgan fingerprint density at radius 1 is 1.09 bits per heavy atom. The van der Waals surface area contributed by atoms with E-state index in [2.05, 4.69) is 4.90 Å². The van der Waals surface area contributed by atoms with Gasteiger partial charge in [0.15, 0.2) is 0 Å². The van der Waals surface area contributed by atoms with Crippen LogP contribution in [0.1, 0.15) is 25.7 Å². The highest BCUT2D eigenvalue weighted by molar-refractivity contribution is 5.86. The van der Waals surface area contributed by atoms with E-state index in [1.165, 1.54) is 0 Å². The van der Waals surface area contributed by atoms with E-state index in [4.69, 9.17) is 10.5 Å². The molecule has 23 heavy (non-hydrogen) atoms. The summed E-state index contributed by atoms with van der Waals surface area (Å²) in [7, 11) is 0. The summed E-state index contributed by atoms with van der Waals surface area (Å²) in [6.07, 6.45) is 2.02. The molecule has 1 saturated carbocycles. The first-order valence-corrected chi connectivity index (χ1v) is 8.27. The van der Waals surface area contributed by atoms with Crippen molar-refractivity contribution in [1.29, 1.82) is 0 Å². The van der Waals surface area contributed by atoms with Crippen molar-refractivity contribution in [2.75, 3.05) is 39.4 Å². The van der Waals surface area contributed by atoms with Gasteiger partial charge in [-0.15, -0.1) is 12.4 Å². The van der Waals surface area contributed by atoms with E-state index in [9.17, 15) is 15.0 Å². The third-order valence-corrected chi connectivity index (χ3v) is 5.36. The molecule has 2 saturated heterocycles. The number of amides is 1. The molecule has 3 fully saturated rings. The van der Waals surface area contributed by atoms with E-state index in [1.54, 1.807) is 0 Å².